The maximum atomic E-state index is 5.80. The van der Waals surface area contributed by atoms with Crippen molar-refractivity contribution in [2.45, 2.75) is 19.4 Å². The van der Waals surface area contributed by atoms with Gasteiger partial charge in [-0.3, -0.25) is 0 Å². The minimum absolute atomic E-state index is 0.251. The number of para-hydroxylation sites is 1. The first-order valence-corrected chi connectivity index (χ1v) is 5.95. The standard InChI is InChI=1S/C14H18O3/c1-3-6-11-7-5-8-13(15-4-2)14(11)17-10-12-9-16-12/h3,5,7-8,12H,1,4,6,9-10H2,2H3. The molecule has 0 amide bonds. The smallest absolute Gasteiger partial charge is 0.164 e. The Morgan fingerprint density at radius 3 is 2.94 bits per heavy atom. The first-order valence-electron chi connectivity index (χ1n) is 5.95. The van der Waals surface area contributed by atoms with Gasteiger partial charge in [0.05, 0.1) is 13.2 Å². The Morgan fingerprint density at radius 1 is 1.47 bits per heavy atom. The highest BCUT2D eigenvalue weighted by Gasteiger charge is 2.24. The van der Waals surface area contributed by atoms with E-state index in [9.17, 15) is 0 Å². The second-order valence-corrected chi connectivity index (χ2v) is 3.94. The van der Waals surface area contributed by atoms with Crippen LogP contribution in [-0.2, 0) is 11.2 Å². The van der Waals surface area contributed by atoms with Gasteiger partial charge in [-0.2, -0.15) is 0 Å². The summed E-state index contributed by atoms with van der Waals surface area (Å²) in [6.07, 6.45) is 2.90. The van der Waals surface area contributed by atoms with E-state index in [4.69, 9.17) is 14.2 Å². The minimum atomic E-state index is 0.251. The third-order valence-electron chi connectivity index (χ3n) is 2.54. The van der Waals surface area contributed by atoms with Crippen LogP contribution in [0.15, 0.2) is 30.9 Å². The van der Waals surface area contributed by atoms with Crippen LogP contribution in [0.1, 0.15) is 12.5 Å². The number of rotatable bonds is 7. The summed E-state index contributed by atoms with van der Waals surface area (Å²) in [6, 6.07) is 5.94. The molecule has 0 spiro atoms. The fourth-order valence-corrected chi connectivity index (χ4v) is 1.65. The molecule has 0 aromatic heterocycles. The van der Waals surface area contributed by atoms with Crippen molar-refractivity contribution in [3.63, 3.8) is 0 Å². The fourth-order valence-electron chi connectivity index (χ4n) is 1.65. The van der Waals surface area contributed by atoms with Gasteiger partial charge in [0, 0.05) is 5.56 Å². The molecule has 1 fully saturated rings. The van der Waals surface area contributed by atoms with Crippen molar-refractivity contribution in [3.8, 4) is 11.5 Å². The van der Waals surface area contributed by atoms with Gasteiger partial charge < -0.3 is 14.2 Å². The van der Waals surface area contributed by atoms with E-state index in [0.717, 1.165) is 30.1 Å². The van der Waals surface area contributed by atoms with Crippen LogP contribution in [-0.4, -0.2) is 25.9 Å². The summed E-state index contributed by atoms with van der Waals surface area (Å²) in [7, 11) is 0. The van der Waals surface area contributed by atoms with Gasteiger partial charge in [0.25, 0.3) is 0 Å². The fraction of sp³-hybridized carbons (Fsp3) is 0.429. The molecular formula is C14H18O3. The lowest BCUT2D eigenvalue weighted by Crippen LogP contribution is -2.07. The van der Waals surface area contributed by atoms with E-state index >= 15 is 0 Å². The van der Waals surface area contributed by atoms with Crippen molar-refractivity contribution >= 4 is 0 Å². The highest BCUT2D eigenvalue weighted by molar-refractivity contribution is 5.47. The zero-order chi connectivity index (χ0) is 12.1. The van der Waals surface area contributed by atoms with Gasteiger partial charge >= 0.3 is 0 Å². The summed E-state index contributed by atoms with van der Waals surface area (Å²) in [6.45, 7) is 7.75. The number of hydrogen-bond acceptors (Lipinski definition) is 3. The number of benzene rings is 1. The normalized spacial score (nSPS) is 17.6. The Hall–Kier alpha value is -1.48. The second kappa shape index (κ2) is 5.73. The van der Waals surface area contributed by atoms with Crippen molar-refractivity contribution in [3.05, 3.63) is 36.4 Å². The molecule has 1 saturated heterocycles. The molecule has 1 aliphatic rings. The highest BCUT2D eigenvalue weighted by Crippen LogP contribution is 2.32. The van der Waals surface area contributed by atoms with E-state index in [1.807, 2.05) is 31.2 Å². The van der Waals surface area contributed by atoms with Crippen molar-refractivity contribution in [2.75, 3.05) is 19.8 Å². The molecule has 2 rings (SSSR count). The van der Waals surface area contributed by atoms with Gasteiger partial charge in [-0.05, 0) is 19.4 Å². The van der Waals surface area contributed by atoms with E-state index in [1.54, 1.807) is 0 Å². The van der Waals surface area contributed by atoms with Gasteiger partial charge in [-0.25, -0.2) is 0 Å². The number of epoxide rings is 1. The Balaban J connectivity index is 2.16. The lowest BCUT2D eigenvalue weighted by molar-refractivity contribution is 0.243. The molecule has 92 valence electrons. The molecule has 3 nitrogen and oxygen atoms in total. The van der Waals surface area contributed by atoms with Crippen LogP contribution in [0, 0.1) is 0 Å². The summed E-state index contributed by atoms with van der Waals surface area (Å²) in [5.74, 6) is 1.62. The van der Waals surface area contributed by atoms with Gasteiger partial charge in [0.2, 0.25) is 0 Å². The predicted molar refractivity (Wildman–Crippen MR) is 66.7 cm³/mol. The summed E-state index contributed by atoms with van der Waals surface area (Å²) >= 11 is 0. The van der Waals surface area contributed by atoms with Gasteiger partial charge in [-0.15, -0.1) is 6.58 Å². The van der Waals surface area contributed by atoms with Gasteiger partial charge in [0.15, 0.2) is 11.5 Å². The largest absolute Gasteiger partial charge is 0.490 e. The highest BCUT2D eigenvalue weighted by atomic mass is 16.6. The number of ether oxygens (including phenoxy) is 3. The van der Waals surface area contributed by atoms with Crippen LogP contribution in [0.4, 0.5) is 0 Å². The lowest BCUT2D eigenvalue weighted by Gasteiger charge is -2.14. The van der Waals surface area contributed by atoms with Crippen LogP contribution in [0.5, 0.6) is 11.5 Å². The van der Waals surface area contributed by atoms with E-state index in [0.29, 0.717) is 13.2 Å². The van der Waals surface area contributed by atoms with Crippen LogP contribution in [0.2, 0.25) is 0 Å². The molecule has 0 saturated carbocycles. The molecule has 0 N–H and O–H groups in total. The van der Waals surface area contributed by atoms with E-state index in [2.05, 4.69) is 6.58 Å². The zero-order valence-electron chi connectivity index (χ0n) is 10.1. The quantitative estimate of drug-likeness (QED) is 0.536. The first-order chi connectivity index (χ1) is 8.35. The van der Waals surface area contributed by atoms with Crippen LogP contribution < -0.4 is 9.47 Å². The third-order valence-corrected chi connectivity index (χ3v) is 2.54. The summed E-state index contributed by atoms with van der Waals surface area (Å²) in [4.78, 5) is 0. The molecule has 1 atom stereocenters. The maximum Gasteiger partial charge on any atom is 0.164 e. The third kappa shape index (κ3) is 3.24. The lowest BCUT2D eigenvalue weighted by atomic mass is 10.1. The molecule has 1 aromatic rings. The minimum Gasteiger partial charge on any atom is -0.490 e. The topological polar surface area (TPSA) is 31.0 Å². The Morgan fingerprint density at radius 2 is 2.29 bits per heavy atom. The molecule has 3 heteroatoms. The average Bonchev–Trinajstić information content (AvgIpc) is 3.13. The molecule has 17 heavy (non-hydrogen) atoms. The van der Waals surface area contributed by atoms with Crippen molar-refractivity contribution in [1.82, 2.24) is 0 Å². The van der Waals surface area contributed by atoms with E-state index in [-0.39, 0.29) is 6.10 Å². The van der Waals surface area contributed by atoms with Crippen LogP contribution in [0.25, 0.3) is 0 Å². The number of hydrogen-bond donors (Lipinski definition) is 0. The maximum absolute atomic E-state index is 5.80. The second-order valence-electron chi connectivity index (χ2n) is 3.94. The molecule has 1 aromatic carbocycles. The van der Waals surface area contributed by atoms with E-state index in [1.165, 1.54) is 0 Å². The average molecular weight is 234 g/mol. The Bertz CT molecular complexity index is 383. The molecular weight excluding hydrogens is 216 g/mol. The van der Waals surface area contributed by atoms with Crippen LogP contribution >= 0.6 is 0 Å². The summed E-state index contributed by atoms with van der Waals surface area (Å²) in [5, 5.41) is 0. The Kier molecular flexibility index (Phi) is 4.04. The first kappa shape index (κ1) is 12.0. The SMILES string of the molecule is C=CCc1cccc(OCC)c1OCC1CO1. The molecule has 1 heterocycles. The molecule has 0 aliphatic carbocycles. The molecule has 0 bridgehead atoms. The molecule has 1 unspecified atom stereocenters. The Labute approximate surface area is 102 Å². The monoisotopic (exact) mass is 234 g/mol. The van der Waals surface area contributed by atoms with Crippen molar-refractivity contribution in [2.24, 2.45) is 0 Å². The van der Waals surface area contributed by atoms with Crippen molar-refractivity contribution in [1.29, 1.82) is 0 Å². The zero-order valence-corrected chi connectivity index (χ0v) is 10.1. The summed E-state index contributed by atoms with van der Waals surface area (Å²) in [5.41, 5.74) is 1.10. The van der Waals surface area contributed by atoms with E-state index < -0.39 is 0 Å². The molecule has 0 radical (unpaired) electrons. The van der Waals surface area contributed by atoms with Gasteiger partial charge in [-0.1, -0.05) is 18.2 Å². The van der Waals surface area contributed by atoms with Crippen LogP contribution in [0.3, 0.4) is 0 Å². The summed E-state index contributed by atoms with van der Waals surface area (Å²) < 4.78 is 16.5. The van der Waals surface area contributed by atoms with Crippen molar-refractivity contribution < 1.29 is 14.2 Å². The number of allylic oxidation sites excluding steroid dienone is 1. The predicted octanol–water partition coefficient (Wildman–Crippen LogP) is 2.59. The molecule has 1 aliphatic heterocycles. The van der Waals surface area contributed by atoms with Gasteiger partial charge in [0.1, 0.15) is 12.7 Å².